The molecule has 2 rings (SSSR count). The molecule has 0 saturated carbocycles. The molecule has 0 fully saturated rings. The van der Waals surface area contributed by atoms with Crippen molar-refractivity contribution in [2.45, 2.75) is 12.8 Å². The highest BCUT2D eigenvalue weighted by Crippen LogP contribution is 2.11. The third kappa shape index (κ3) is 1.52. The van der Waals surface area contributed by atoms with Crippen LogP contribution < -0.4 is 5.69 Å². The molecule has 1 aromatic carbocycles. The molecule has 0 aliphatic heterocycles. The van der Waals surface area contributed by atoms with Crippen molar-refractivity contribution in [3.8, 4) is 6.07 Å². The number of aryl methyl sites for hydroxylation is 1. The highest BCUT2D eigenvalue weighted by molar-refractivity contribution is 5.74. The van der Waals surface area contributed by atoms with Crippen LogP contribution in [0.1, 0.15) is 12.0 Å². The van der Waals surface area contributed by atoms with Crippen LogP contribution in [0.5, 0.6) is 0 Å². The van der Waals surface area contributed by atoms with Gasteiger partial charge in [0.15, 0.2) is 0 Å². The number of hydrogen-bond acceptors (Lipinski definition) is 2. The Morgan fingerprint density at radius 2 is 2.07 bits per heavy atom. The Kier molecular flexibility index (Phi) is 2.07. The summed E-state index contributed by atoms with van der Waals surface area (Å²) in [6.45, 7) is 0. The van der Waals surface area contributed by atoms with Crippen molar-refractivity contribution in [3.05, 3.63) is 34.2 Å². The number of nitriles is 1. The molecule has 0 atom stereocenters. The van der Waals surface area contributed by atoms with E-state index in [1.165, 1.54) is 0 Å². The molecule has 4 heteroatoms. The predicted molar refractivity (Wildman–Crippen MR) is 52.9 cm³/mol. The zero-order valence-corrected chi connectivity index (χ0v) is 7.50. The Labute approximate surface area is 80.2 Å². The van der Waals surface area contributed by atoms with E-state index in [1.54, 1.807) is 0 Å². The van der Waals surface area contributed by atoms with Gasteiger partial charge >= 0.3 is 5.69 Å². The van der Waals surface area contributed by atoms with Gasteiger partial charge in [-0.15, -0.1) is 0 Å². The van der Waals surface area contributed by atoms with Gasteiger partial charge in [-0.05, 0) is 24.1 Å². The van der Waals surface area contributed by atoms with Gasteiger partial charge in [-0.25, -0.2) is 4.79 Å². The maximum absolute atomic E-state index is 11.0. The summed E-state index contributed by atoms with van der Waals surface area (Å²) in [4.78, 5) is 16.3. The first-order valence-electron chi connectivity index (χ1n) is 4.37. The van der Waals surface area contributed by atoms with Crippen LogP contribution in [0.4, 0.5) is 0 Å². The van der Waals surface area contributed by atoms with Gasteiger partial charge in [-0.2, -0.15) is 5.26 Å². The predicted octanol–water partition coefficient (Wildman–Crippen LogP) is 1.31. The summed E-state index contributed by atoms with van der Waals surface area (Å²) >= 11 is 0. The van der Waals surface area contributed by atoms with Crippen LogP contribution in [0.2, 0.25) is 0 Å². The van der Waals surface area contributed by atoms with E-state index >= 15 is 0 Å². The van der Waals surface area contributed by atoms with Gasteiger partial charge < -0.3 is 9.97 Å². The van der Waals surface area contributed by atoms with Crippen molar-refractivity contribution >= 4 is 11.0 Å². The Morgan fingerprint density at radius 3 is 2.86 bits per heavy atom. The second-order valence-electron chi connectivity index (χ2n) is 3.12. The Balaban J connectivity index is 2.41. The van der Waals surface area contributed by atoms with Gasteiger partial charge in [-0.1, -0.05) is 6.07 Å². The van der Waals surface area contributed by atoms with Crippen molar-refractivity contribution in [2.24, 2.45) is 0 Å². The quantitative estimate of drug-likeness (QED) is 0.744. The number of aromatic nitrogens is 2. The average Bonchev–Trinajstić information content (AvgIpc) is 2.54. The third-order valence-corrected chi connectivity index (χ3v) is 2.11. The van der Waals surface area contributed by atoms with Crippen molar-refractivity contribution in [1.29, 1.82) is 5.26 Å². The summed E-state index contributed by atoms with van der Waals surface area (Å²) < 4.78 is 0. The van der Waals surface area contributed by atoms with E-state index in [-0.39, 0.29) is 5.69 Å². The van der Waals surface area contributed by atoms with Crippen LogP contribution >= 0.6 is 0 Å². The smallest absolute Gasteiger partial charge is 0.306 e. The lowest BCUT2D eigenvalue weighted by molar-refractivity contribution is 1.01. The number of nitrogens with one attached hydrogen (secondary N) is 2. The molecule has 0 aliphatic rings. The summed E-state index contributed by atoms with van der Waals surface area (Å²) in [6.07, 6.45) is 1.22. The molecule has 2 aromatic rings. The van der Waals surface area contributed by atoms with Crippen molar-refractivity contribution < 1.29 is 0 Å². The fourth-order valence-electron chi connectivity index (χ4n) is 1.44. The second kappa shape index (κ2) is 3.38. The molecule has 0 radical (unpaired) electrons. The van der Waals surface area contributed by atoms with Crippen LogP contribution in [0.15, 0.2) is 23.0 Å². The number of rotatable bonds is 2. The highest BCUT2D eigenvalue weighted by Gasteiger charge is 1.99. The van der Waals surface area contributed by atoms with Gasteiger partial charge in [0.1, 0.15) is 0 Å². The maximum atomic E-state index is 11.0. The van der Waals surface area contributed by atoms with Crippen molar-refractivity contribution in [3.63, 3.8) is 0 Å². The summed E-state index contributed by atoms with van der Waals surface area (Å²) in [6, 6.07) is 7.75. The van der Waals surface area contributed by atoms with E-state index in [1.807, 2.05) is 18.2 Å². The first-order chi connectivity index (χ1) is 6.79. The largest absolute Gasteiger partial charge is 0.323 e. The first-order valence-corrected chi connectivity index (χ1v) is 4.37. The number of nitrogens with zero attached hydrogens (tertiary/aromatic N) is 1. The second-order valence-corrected chi connectivity index (χ2v) is 3.12. The highest BCUT2D eigenvalue weighted by atomic mass is 16.1. The molecule has 4 nitrogen and oxygen atoms in total. The summed E-state index contributed by atoms with van der Waals surface area (Å²) in [5.74, 6) is 0. The first kappa shape index (κ1) is 8.57. The fraction of sp³-hybridized carbons (Fsp3) is 0.200. The zero-order valence-electron chi connectivity index (χ0n) is 7.50. The summed E-state index contributed by atoms with van der Waals surface area (Å²) in [5.41, 5.74) is 2.47. The average molecular weight is 187 g/mol. The Bertz CT molecular complexity index is 544. The molecule has 14 heavy (non-hydrogen) atoms. The molecule has 0 aliphatic carbocycles. The van der Waals surface area contributed by atoms with E-state index in [2.05, 4.69) is 16.0 Å². The molecule has 0 spiro atoms. The van der Waals surface area contributed by atoms with Gasteiger partial charge in [0, 0.05) is 6.42 Å². The van der Waals surface area contributed by atoms with E-state index in [4.69, 9.17) is 5.26 Å². The molecule has 70 valence electrons. The lowest BCUT2D eigenvalue weighted by Crippen LogP contribution is -1.99. The van der Waals surface area contributed by atoms with E-state index in [9.17, 15) is 4.79 Å². The molecule has 0 saturated heterocycles. The number of benzene rings is 1. The van der Waals surface area contributed by atoms with Gasteiger partial charge in [0.25, 0.3) is 0 Å². The van der Waals surface area contributed by atoms with Gasteiger partial charge in [0.2, 0.25) is 0 Å². The zero-order chi connectivity index (χ0) is 9.97. The van der Waals surface area contributed by atoms with E-state index in [0.717, 1.165) is 23.0 Å². The van der Waals surface area contributed by atoms with Crippen molar-refractivity contribution in [2.75, 3.05) is 0 Å². The molecule has 1 aromatic heterocycles. The van der Waals surface area contributed by atoms with E-state index < -0.39 is 0 Å². The van der Waals surface area contributed by atoms with Crippen LogP contribution in [0.3, 0.4) is 0 Å². The number of hydrogen-bond donors (Lipinski definition) is 2. The molecular weight excluding hydrogens is 178 g/mol. The minimum Gasteiger partial charge on any atom is -0.306 e. The summed E-state index contributed by atoms with van der Waals surface area (Å²) in [7, 11) is 0. The number of fused-ring (bicyclic) bond motifs is 1. The SMILES string of the molecule is N#CCCc1ccc2[nH]c(=O)[nH]c2c1. The van der Waals surface area contributed by atoms with Crippen molar-refractivity contribution in [1.82, 2.24) is 9.97 Å². The minimum absolute atomic E-state index is 0.197. The van der Waals surface area contributed by atoms with Crippen LogP contribution in [0.25, 0.3) is 11.0 Å². The molecule has 0 bridgehead atoms. The monoisotopic (exact) mass is 187 g/mol. The molecule has 0 amide bonds. The molecule has 1 heterocycles. The Morgan fingerprint density at radius 1 is 1.29 bits per heavy atom. The van der Waals surface area contributed by atoms with E-state index in [0.29, 0.717) is 6.42 Å². The Hall–Kier alpha value is -2.02. The molecular formula is C10H9N3O. The maximum Gasteiger partial charge on any atom is 0.323 e. The number of imidazole rings is 1. The van der Waals surface area contributed by atoms with Crippen LogP contribution in [0, 0.1) is 11.3 Å². The molecule has 2 N–H and O–H groups in total. The third-order valence-electron chi connectivity index (χ3n) is 2.11. The van der Waals surface area contributed by atoms with Crippen LogP contribution in [-0.4, -0.2) is 9.97 Å². The van der Waals surface area contributed by atoms with Gasteiger partial charge in [0.05, 0.1) is 17.1 Å². The number of H-pyrrole nitrogens is 2. The topological polar surface area (TPSA) is 72.4 Å². The summed E-state index contributed by atoms with van der Waals surface area (Å²) in [5, 5.41) is 8.43. The minimum atomic E-state index is -0.197. The van der Waals surface area contributed by atoms with Gasteiger partial charge in [-0.3, -0.25) is 0 Å². The van der Waals surface area contributed by atoms with Crippen LogP contribution in [-0.2, 0) is 6.42 Å². The standard InChI is InChI=1S/C10H9N3O/c11-5-1-2-7-3-4-8-9(6-7)13-10(14)12-8/h3-4,6H,1-2H2,(H2,12,13,14). The fourth-order valence-corrected chi connectivity index (χ4v) is 1.44. The normalized spacial score (nSPS) is 10.2. The molecule has 0 unspecified atom stereocenters. The number of aromatic amines is 2. The lowest BCUT2D eigenvalue weighted by Gasteiger charge is -1.96. The lowest BCUT2D eigenvalue weighted by atomic mass is 10.1.